The highest BCUT2D eigenvalue weighted by atomic mass is 16.3. The molecule has 0 heterocycles. The molecular weight excluding hydrogens is 342 g/mol. The highest BCUT2D eigenvalue weighted by molar-refractivity contribution is 5.37. The SMILES string of the molecule is CCCCCC=CCC=CCC=CCC=CC(CCCN)c1ccccc1O. The van der Waals surface area contributed by atoms with Crippen LogP contribution in [0.1, 0.15) is 76.2 Å². The molecule has 1 aromatic carbocycles. The van der Waals surface area contributed by atoms with Gasteiger partial charge in [0.05, 0.1) is 0 Å². The monoisotopic (exact) mass is 381 g/mol. The van der Waals surface area contributed by atoms with Crippen molar-refractivity contribution < 1.29 is 5.11 Å². The van der Waals surface area contributed by atoms with E-state index in [1.165, 1.54) is 25.7 Å². The zero-order valence-corrected chi connectivity index (χ0v) is 17.6. The molecule has 0 aromatic heterocycles. The Morgan fingerprint density at radius 3 is 2.14 bits per heavy atom. The third-order valence-corrected chi connectivity index (χ3v) is 4.71. The number of phenolic OH excluding ortho intramolecular Hbond substituents is 1. The summed E-state index contributed by atoms with van der Waals surface area (Å²) in [6, 6.07) is 7.59. The Bertz CT molecular complexity index is 613. The first-order valence-electron chi connectivity index (χ1n) is 10.9. The van der Waals surface area contributed by atoms with Crippen LogP contribution in [0.2, 0.25) is 0 Å². The van der Waals surface area contributed by atoms with Crippen LogP contribution < -0.4 is 5.73 Å². The fourth-order valence-electron chi connectivity index (χ4n) is 3.08. The predicted molar refractivity (Wildman–Crippen MR) is 124 cm³/mol. The molecule has 0 aliphatic rings. The Morgan fingerprint density at radius 1 is 0.857 bits per heavy atom. The van der Waals surface area contributed by atoms with E-state index < -0.39 is 0 Å². The van der Waals surface area contributed by atoms with Crippen molar-refractivity contribution in [3.63, 3.8) is 0 Å². The third-order valence-electron chi connectivity index (χ3n) is 4.71. The number of phenols is 1. The van der Waals surface area contributed by atoms with E-state index in [-0.39, 0.29) is 5.92 Å². The van der Waals surface area contributed by atoms with E-state index in [1.807, 2.05) is 18.2 Å². The molecule has 28 heavy (non-hydrogen) atoms. The number of hydrogen-bond donors (Lipinski definition) is 2. The molecule has 1 unspecified atom stereocenters. The average Bonchev–Trinajstić information content (AvgIpc) is 2.71. The molecule has 0 bridgehead atoms. The number of aromatic hydroxyl groups is 1. The minimum absolute atomic E-state index is 0.224. The molecule has 0 amide bonds. The Balaban J connectivity index is 2.30. The van der Waals surface area contributed by atoms with Crippen LogP contribution in [0.3, 0.4) is 0 Å². The van der Waals surface area contributed by atoms with Gasteiger partial charge in [-0.2, -0.15) is 0 Å². The molecule has 1 aromatic rings. The number of rotatable bonds is 15. The number of nitrogens with two attached hydrogens (primary N) is 1. The Hall–Kier alpha value is -2.06. The molecule has 1 rings (SSSR count). The van der Waals surface area contributed by atoms with Gasteiger partial charge in [0.25, 0.3) is 0 Å². The minimum atomic E-state index is 0.224. The highest BCUT2D eigenvalue weighted by Crippen LogP contribution is 2.30. The summed E-state index contributed by atoms with van der Waals surface area (Å²) in [5, 5.41) is 10.1. The summed E-state index contributed by atoms with van der Waals surface area (Å²) >= 11 is 0. The van der Waals surface area contributed by atoms with Crippen LogP contribution in [0, 0.1) is 0 Å². The number of para-hydroxylation sites is 1. The van der Waals surface area contributed by atoms with Crippen molar-refractivity contribution in [3.8, 4) is 5.75 Å². The molecule has 0 fully saturated rings. The van der Waals surface area contributed by atoms with Gasteiger partial charge in [0.1, 0.15) is 5.75 Å². The van der Waals surface area contributed by atoms with Crippen molar-refractivity contribution in [3.05, 3.63) is 78.4 Å². The summed E-state index contributed by atoms with van der Waals surface area (Å²) < 4.78 is 0. The van der Waals surface area contributed by atoms with E-state index in [9.17, 15) is 5.11 Å². The minimum Gasteiger partial charge on any atom is -0.508 e. The summed E-state index contributed by atoms with van der Waals surface area (Å²) in [6.07, 6.45) is 27.8. The smallest absolute Gasteiger partial charge is 0.119 e. The largest absolute Gasteiger partial charge is 0.508 e. The van der Waals surface area contributed by atoms with E-state index in [0.29, 0.717) is 12.3 Å². The lowest BCUT2D eigenvalue weighted by Crippen LogP contribution is -2.03. The molecule has 154 valence electrons. The van der Waals surface area contributed by atoms with Crippen LogP contribution in [0.4, 0.5) is 0 Å². The first-order valence-corrected chi connectivity index (χ1v) is 10.9. The highest BCUT2D eigenvalue weighted by Gasteiger charge is 2.11. The topological polar surface area (TPSA) is 46.2 Å². The number of unbranched alkanes of at least 4 members (excludes halogenated alkanes) is 3. The maximum absolute atomic E-state index is 10.1. The van der Waals surface area contributed by atoms with Gasteiger partial charge in [-0.05, 0) is 57.6 Å². The van der Waals surface area contributed by atoms with E-state index in [4.69, 9.17) is 5.73 Å². The number of benzene rings is 1. The van der Waals surface area contributed by atoms with Crippen LogP contribution in [0.25, 0.3) is 0 Å². The maximum Gasteiger partial charge on any atom is 0.119 e. The average molecular weight is 382 g/mol. The molecule has 1 atom stereocenters. The molecule has 0 radical (unpaired) electrons. The van der Waals surface area contributed by atoms with Crippen LogP contribution >= 0.6 is 0 Å². The molecule has 0 saturated heterocycles. The summed E-state index contributed by atoms with van der Waals surface area (Å²) in [6.45, 7) is 2.92. The fourth-order valence-corrected chi connectivity index (χ4v) is 3.08. The van der Waals surface area contributed by atoms with Gasteiger partial charge < -0.3 is 10.8 Å². The lowest BCUT2D eigenvalue weighted by atomic mass is 9.92. The Kier molecular flexibility index (Phi) is 14.6. The van der Waals surface area contributed by atoms with Crippen molar-refractivity contribution in [2.75, 3.05) is 6.54 Å². The zero-order chi connectivity index (χ0) is 20.3. The molecule has 3 N–H and O–H groups in total. The second kappa shape index (κ2) is 17.1. The Labute approximate surface area is 172 Å². The van der Waals surface area contributed by atoms with E-state index >= 15 is 0 Å². The normalized spacial score (nSPS) is 13.5. The maximum atomic E-state index is 10.1. The summed E-state index contributed by atoms with van der Waals surface area (Å²) in [4.78, 5) is 0. The van der Waals surface area contributed by atoms with Crippen LogP contribution in [0.15, 0.2) is 72.9 Å². The molecule has 0 saturated carbocycles. The fraction of sp³-hybridized carbons (Fsp3) is 0.462. The summed E-state index contributed by atoms with van der Waals surface area (Å²) in [5.74, 6) is 0.594. The van der Waals surface area contributed by atoms with Gasteiger partial charge in [-0.3, -0.25) is 0 Å². The van der Waals surface area contributed by atoms with E-state index in [0.717, 1.165) is 37.7 Å². The van der Waals surface area contributed by atoms with Gasteiger partial charge in [0.2, 0.25) is 0 Å². The lowest BCUT2D eigenvalue weighted by Gasteiger charge is -2.14. The first-order chi connectivity index (χ1) is 13.8. The van der Waals surface area contributed by atoms with Crippen molar-refractivity contribution in [1.29, 1.82) is 0 Å². The lowest BCUT2D eigenvalue weighted by molar-refractivity contribution is 0.463. The molecule has 2 heteroatoms. The summed E-state index contributed by atoms with van der Waals surface area (Å²) in [5.41, 5.74) is 6.65. The number of allylic oxidation sites excluding steroid dienone is 8. The molecule has 2 nitrogen and oxygen atoms in total. The van der Waals surface area contributed by atoms with Gasteiger partial charge in [0.15, 0.2) is 0 Å². The second-order valence-electron chi connectivity index (χ2n) is 7.14. The van der Waals surface area contributed by atoms with Crippen molar-refractivity contribution in [2.45, 2.75) is 70.6 Å². The molecule has 0 spiro atoms. The van der Waals surface area contributed by atoms with Crippen LogP contribution in [0.5, 0.6) is 5.75 Å². The molecule has 0 aliphatic carbocycles. The van der Waals surface area contributed by atoms with Gasteiger partial charge >= 0.3 is 0 Å². The van der Waals surface area contributed by atoms with Crippen LogP contribution in [-0.2, 0) is 0 Å². The van der Waals surface area contributed by atoms with E-state index in [2.05, 4.69) is 55.5 Å². The quantitative estimate of drug-likeness (QED) is 0.249. The van der Waals surface area contributed by atoms with Crippen molar-refractivity contribution >= 4 is 0 Å². The standard InChI is InChI=1S/C26H39NO/c1-2-3-4-5-6-7-8-9-10-11-12-13-14-15-19-24(20-18-23-27)25-21-16-17-22-26(25)28/h6-7,9-10,12-13,15-17,19,21-22,24,28H,2-5,8,11,14,18,20,23,27H2,1H3. The van der Waals surface area contributed by atoms with Gasteiger partial charge in [-0.1, -0.05) is 86.6 Å². The molecular formula is C26H39NO. The molecule has 0 aliphatic heterocycles. The van der Waals surface area contributed by atoms with Gasteiger partial charge in [-0.15, -0.1) is 0 Å². The Morgan fingerprint density at radius 2 is 1.50 bits per heavy atom. The van der Waals surface area contributed by atoms with Gasteiger partial charge in [0, 0.05) is 11.5 Å². The van der Waals surface area contributed by atoms with Gasteiger partial charge in [-0.25, -0.2) is 0 Å². The van der Waals surface area contributed by atoms with E-state index in [1.54, 1.807) is 6.07 Å². The second-order valence-corrected chi connectivity index (χ2v) is 7.14. The third kappa shape index (κ3) is 11.6. The van der Waals surface area contributed by atoms with Crippen LogP contribution in [-0.4, -0.2) is 11.7 Å². The zero-order valence-electron chi connectivity index (χ0n) is 17.6. The summed E-state index contributed by atoms with van der Waals surface area (Å²) in [7, 11) is 0. The number of hydrogen-bond acceptors (Lipinski definition) is 2. The first kappa shape index (κ1) is 24.0. The predicted octanol–water partition coefficient (Wildman–Crippen LogP) is 7.19. The van der Waals surface area contributed by atoms with Crippen molar-refractivity contribution in [2.24, 2.45) is 5.73 Å². The van der Waals surface area contributed by atoms with Crippen molar-refractivity contribution in [1.82, 2.24) is 0 Å².